The molecule has 0 aliphatic heterocycles. The molecular weight excluding hydrogens is 364 g/mol. The summed E-state index contributed by atoms with van der Waals surface area (Å²) in [6, 6.07) is 11.5. The Morgan fingerprint density at radius 2 is 1.57 bits per heavy atom. The third-order valence-electron chi connectivity index (χ3n) is 3.53. The summed E-state index contributed by atoms with van der Waals surface area (Å²) >= 11 is 0. The average molecular weight is 388 g/mol. The Labute approximate surface area is 163 Å². The lowest BCUT2D eigenvalue weighted by Gasteiger charge is -2.14. The molecule has 2 N–H and O–H groups in total. The Bertz CT molecular complexity index is 805. The van der Waals surface area contributed by atoms with E-state index >= 15 is 0 Å². The standard InChI is InChI=1S/C20H24N2O6/c1-13(2)28-17-10-5-14(11-18(17)26-4)20(24)22-21-19(23)12-27-16-8-6-15(25-3)7-9-16/h5-11,13H,12H2,1-4H3,(H,21,23)(H,22,24). The number of hydrazine groups is 1. The first-order valence-electron chi connectivity index (χ1n) is 8.63. The molecular formula is C20H24N2O6. The molecule has 8 nitrogen and oxygen atoms in total. The van der Waals surface area contributed by atoms with E-state index in [0.29, 0.717) is 28.6 Å². The molecule has 2 aromatic rings. The van der Waals surface area contributed by atoms with Crippen LogP contribution in [0.5, 0.6) is 23.0 Å². The van der Waals surface area contributed by atoms with Crippen molar-refractivity contribution in [2.45, 2.75) is 20.0 Å². The SMILES string of the molecule is COc1ccc(OCC(=O)NNC(=O)c2ccc(OC(C)C)c(OC)c2)cc1. The fraction of sp³-hybridized carbons (Fsp3) is 0.300. The van der Waals surface area contributed by atoms with E-state index < -0.39 is 11.8 Å². The maximum atomic E-state index is 12.2. The molecule has 0 fully saturated rings. The molecule has 0 aliphatic carbocycles. The number of hydrogen-bond acceptors (Lipinski definition) is 6. The molecule has 150 valence electrons. The number of methoxy groups -OCH3 is 2. The molecule has 0 aromatic heterocycles. The van der Waals surface area contributed by atoms with Crippen LogP contribution in [0.1, 0.15) is 24.2 Å². The van der Waals surface area contributed by atoms with E-state index in [0.717, 1.165) is 0 Å². The van der Waals surface area contributed by atoms with Gasteiger partial charge in [0.15, 0.2) is 18.1 Å². The van der Waals surface area contributed by atoms with Crippen molar-refractivity contribution < 1.29 is 28.5 Å². The van der Waals surface area contributed by atoms with Crippen molar-refractivity contribution in [3.05, 3.63) is 48.0 Å². The van der Waals surface area contributed by atoms with Gasteiger partial charge in [0.1, 0.15) is 11.5 Å². The largest absolute Gasteiger partial charge is 0.497 e. The predicted molar refractivity (Wildman–Crippen MR) is 103 cm³/mol. The van der Waals surface area contributed by atoms with Crippen LogP contribution in [0, 0.1) is 0 Å². The number of amides is 2. The van der Waals surface area contributed by atoms with Crippen molar-refractivity contribution in [2.24, 2.45) is 0 Å². The molecule has 0 spiro atoms. The van der Waals surface area contributed by atoms with Crippen molar-refractivity contribution in [1.82, 2.24) is 10.9 Å². The molecule has 2 aromatic carbocycles. The molecule has 0 heterocycles. The number of rotatable bonds is 8. The molecule has 0 unspecified atom stereocenters. The molecule has 0 aliphatic rings. The number of hydrogen-bond donors (Lipinski definition) is 2. The van der Waals surface area contributed by atoms with Crippen LogP contribution < -0.4 is 29.8 Å². The van der Waals surface area contributed by atoms with Crippen LogP contribution in [-0.4, -0.2) is 38.7 Å². The third-order valence-corrected chi connectivity index (χ3v) is 3.53. The molecule has 0 saturated carbocycles. The van der Waals surface area contributed by atoms with Gasteiger partial charge in [0.2, 0.25) is 0 Å². The topological polar surface area (TPSA) is 95.1 Å². The van der Waals surface area contributed by atoms with Crippen molar-refractivity contribution in [2.75, 3.05) is 20.8 Å². The first kappa shape index (κ1) is 20.9. The van der Waals surface area contributed by atoms with E-state index in [1.54, 1.807) is 43.5 Å². The zero-order valence-corrected chi connectivity index (χ0v) is 16.3. The minimum atomic E-state index is -0.504. The quantitative estimate of drug-likeness (QED) is 0.674. The van der Waals surface area contributed by atoms with Gasteiger partial charge in [0.25, 0.3) is 11.8 Å². The van der Waals surface area contributed by atoms with Gasteiger partial charge in [-0.2, -0.15) is 0 Å². The Morgan fingerprint density at radius 3 is 2.18 bits per heavy atom. The Kier molecular flexibility index (Phi) is 7.50. The Hall–Kier alpha value is -3.42. The van der Waals surface area contributed by atoms with Gasteiger partial charge in [0, 0.05) is 5.56 Å². The summed E-state index contributed by atoms with van der Waals surface area (Å²) in [5, 5.41) is 0. The van der Waals surface area contributed by atoms with Crippen LogP contribution in [0.3, 0.4) is 0 Å². The normalized spacial score (nSPS) is 10.2. The Balaban J connectivity index is 1.85. The smallest absolute Gasteiger partial charge is 0.276 e. The van der Waals surface area contributed by atoms with E-state index in [1.807, 2.05) is 13.8 Å². The van der Waals surface area contributed by atoms with Crippen LogP contribution in [-0.2, 0) is 4.79 Å². The molecule has 0 atom stereocenters. The summed E-state index contributed by atoms with van der Waals surface area (Å²) in [4.78, 5) is 24.1. The minimum absolute atomic E-state index is 0.0291. The van der Waals surface area contributed by atoms with Crippen LogP contribution in [0.25, 0.3) is 0 Å². The second kappa shape index (κ2) is 10.1. The van der Waals surface area contributed by atoms with Gasteiger partial charge in [-0.3, -0.25) is 20.4 Å². The number of benzene rings is 2. The zero-order chi connectivity index (χ0) is 20.5. The number of carbonyl (C=O) groups is 2. The number of ether oxygens (including phenoxy) is 4. The van der Waals surface area contributed by atoms with Gasteiger partial charge in [0.05, 0.1) is 20.3 Å². The average Bonchev–Trinajstić information content (AvgIpc) is 2.70. The van der Waals surface area contributed by atoms with Crippen molar-refractivity contribution in [3.63, 3.8) is 0 Å². The fourth-order valence-electron chi connectivity index (χ4n) is 2.22. The third kappa shape index (κ3) is 6.08. The van der Waals surface area contributed by atoms with Gasteiger partial charge in [-0.25, -0.2) is 0 Å². The minimum Gasteiger partial charge on any atom is -0.497 e. The lowest BCUT2D eigenvalue weighted by molar-refractivity contribution is -0.123. The lowest BCUT2D eigenvalue weighted by atomic mass is 10.2. The summed E-state index contributed by atoms with van der Waals surface area (Å²) in [5.74, 6) is 1.15. The zero-order valence-electron chi connectivity index (χ0n) is 16.3. The number of carbonyl (C=O) groups excluding carboxylic acids is 2. The highest BCUT2D eigenvalue weighted by atomic mass is 16.5. The summed E-state index contributed by atoms with van der Waals surface area (Å²) < 4.78 is 21.2. The lowest BCUT2D eigenvalue weighted by Crippen LogP contribution is -2.43. The summed E-state index contributed by atoms with van der Waals surface area (Å²) in [6.45, 7) is 3.53. The van der Waals surface area contributed by atoms with E-state index in [1.165, 1.54) is 13.2 Å². The van der Waals surface area contributed by atoms with Gasteiger partial charge in [-0.15, -0.1) is 0 Å². The molecule has 0 bridgehead atoms. The van der Waals surface area contributed by atoms with Crippen LogP contribution >= 0.6 is 0 Å². The highest BCUT2D eigenvalue weighted by molar-refractivity contribution is 5.96. The van der Waals surface area contributed by atoms with Crippen LogP contribution in [0.15, 0.2) is 42.5 Å². The van der Waals surface area contributed by atoms with E-state index in [9.17, 15) is 9.59 Å². The van der Waals surface area contributed by atoms with Crippen LogP contribution in [0.2, 0.25) is 0 Å². The highest BCUT2D eigenvalue weighted by Gasteiger charge is 2.13. The molecule has 28 heavy (non-hydrogen) atoms. The van der Waals surface area contributed by atoms with Crippen molar-refractivity contribution in [1.29, 1.82) is 0 Å². The first-order valence-corrected chi connectivity index (χ1v) is 8.63. The van der Waals surface area contributed by atoms with E-state index in [4.69, 9.17) is 18.9 Å². The predicted octanol–water partition coefficient (Wildman–Crippen LogP) is 2.33. The second-order valence-corrected chi connectivity index (χ2v) is 6.00. The van der Waals surface area contributed by atoms with Gasteiger partial charge in [-0.05, 0) is 56.3 Å². The van der Waals surface area contributed by atoms with E-state index in [-0.39, 0.29) is 12.7 Å². The second-order valence-electron chi connectivity index (χ2n) is 6.00. The van der Waals surface area contributed by atoms with Crippen LogP contribution in [0.4, 0.5) is 0 Å². The van der Waals surface area contributed by atoms with E-state index in [2.05, 4.69) is 10.9 Å². The highest BCUT2D eigenvalue weighted by Crippen LogP contribution is 2.28. The van der Waals surface area contributed by atoms with Gasteiger partial charge < -0.3 is 18.9 Å². The van der Waals surface area contributed by atoms with Crippen molar-refractivity contribution >= 4 is 11.8 Å². The molecule has 2 amide bonds. The summed E-state index contributed by atoms with van der Waals surface area (Å²) in [5.41, 5.74) is 4.94. The molecule has 0 saturated heterocycles. The Morgan fingerprint density at radius 1 is 0.893 bits per heavy atom. The summed E-state index contributed by atoms with van der Waals surface area (Å²) in [6.07, 6.45) is -0.0291. The van der Waals surface area contributed by atoms with Gasteiger partial charge >= 0.3 is 0 Å². The fourth-order valence-corrected chi connectivity index (χ4v) is 2.22. The van der Waals surface area contributed by atoms with Crippen molar-refractivity contribution in [3.8, 4) is 23.0 Å². The maximum absolute atomic E-state index is 12.2. The number of nitrogens with one attached hydrogen (secondary N) is 2. The molecule has 8 heteroatoms. The molecule has 2 rings (SSSR count). The molecule has 0 radical (unpaired) electrons. The van der Waals surface area contributed by atoms with Gasteiger partial charge in [-0.1, -0.05) is 0 Å². The monoisotopic (exact) mass is 388 g/mol. The summed E-state index contributed by atoms with van der Waals surface area (Å²) in [7, 11) is 3.05. The first-order chi connectivity index (χ1) is 13.4. The maximum Gasteiger partial charge on any atom is 0.276 e.